The Bertz CT molecular complexity index is 553. The molecular formula is C14H20N4OS. The van der Waals surface area contributed by atoms with Crippen molar-refractivity contribution in [3.8, 4) is 0 Å². The number of rotatable bonds is 6. The third-order valence-electron chi connectivity index (χ3n) is 3.67. The Balaban J connectivity index is 1.67. The average Bonchev–Trinajstić information content (AvgIpc) is 3.13. The number of hydrogen-bond acceptors (Lipinski definition) is 5. The lowest BCUT2D eigenvalue weighted by atomic mass is 10.0. The Morgan fingerprint density at radius 2 is 2.45 bits per heavy atom. The summed E-state index contributed by atoms with van der Waals surface area (Å²) in [5.74, 6) is 1.61. The molecule has 1 saturated heterocycles. The van der Waals surface area contributed by atoms with E-state index in [1.807, 2.05) is 28.8 Å². The van der Waals surface area contributed by atoms with Gasteiger partial charge in [0.15, 0.2) is 10.8 Å². The second kappa shape index (κ2) is 6.56. The molecule has 108 valence electrons. The Labute approximate surface area is 123 Å². The van der Waals surface area contributed by atoms with Crippen LogP contribution >= 0.6 is 11.8 Å². The molecule has 2 unspecified atom stereocenters. The number of hydrogen-bond donors (Lipinski definition) is 1. The van der Waals surface area contributed by atoms with E-state index in [-0.39, 0.29) is 0 Å². The van der Waals surface area contributed by atoms with Crippen LogP contribution in [0.2, 0.25) is 0 Å². The van der Waals surface area contributed by atoms with Crippen LogP contribution in [-0.2, 0) is 4.74 Å². The lowest BCUT2D eigenvalue weighted by molar-refractivity contribution is 0.179. The molecule has 1 fully saturated rings. The molecule has 3 heterocycles. The molecule has 20 heavy (non-hydrogen) atoms. The van der Waals surface area contributed by atoms with Crippen LogP contribution in [0.25, 0.3) is 5.65 Å². The summed E-state index contributed by atoms with van der Waals surface area (Å²) >= 11 is 1.76. The van der Waals surface area contributed by atoms with Gasteiger partial charge in [0, 0.05) is 30.5 Å². The largest absolute Gasteiger partial charge is 0.381 e. The fourth-order valence-electron chi connectivity index (χ4n) is 2.58. The summed E-state index contributed by atoms with van der Waals surface area (Å²) < 4.78 is 7.55. The first kappa shape index (κ1) is 13.9. The van der Waals surface area contributed by atoms with Crippen molar-refractivity contribution in [1.29, 1.82) is 0 Å². The minimum absolute atomic E-state index is 0.476. The monoisotopic (exact) mass is 292 g/mol. The smallest absolute Gasteiger partial charge is 0.195 e. The topological polar surface area (TPSA) is 51.5 Å². The molecule has 6 heteroatoms. The van der Waals surface area contributed by atoms with Gasteiger partial charge >= 0.3 is 0 Å². The highest BCUT2D eigenvalue weighted by molar-refractivity contribution is 7.99. The summed E-state index contributed by atoms with van der Waals surface area (Å²) in [6.07, 6.45) is 3.16. The van der Waals surface area contributed by atoms with Gasteiger partial charge in [0.1, 0.15) is 0 Å². The molecule has 0 amide bonds. The van der Waals surface area contributed by atoms with Gasteiger partial charge in [0.05, 0.1) is 6.61 Å². The lowest BCUT2D eigenvalue weighted by Crippen LogP contribution is -2.38. The van der Waals surface area contributed by atoms with Crippen molar-refractivity contribution in [1.82, 2.24) is 19.9 Å². The van der Waals surface area contributed by atoms with Gasteiger partial charge in [-0.2, -0.15) is 0 Å². The summed E-state index contributed by atoms with van der Waals surface area (Å²) in [6.45, 7) is 4.91. The molecule has 1 N–H and O–H groups in total. The van der Waals surface area contributed by atoms with E-state index in [2.05, 4.69) is 22.4 Å². The van der Waals surface area contributed by atoms with Crippen molar-refractivity contribution < 1.29 is 4.74 Å². The minimum Gasteiger partial charge on any atom is -0.381 e. The molecule has 2 atom stereocenters. The highest BCUT2D eigenvalue weighted by Crippen LogP contribution is 2.23. The number of pyridine rings is 1. The Morgan fingerprint density at radius 3 is 3.25 bits per heavy atom. The predicted molar refractivity (Wildman–Crippen MR) is 80.1 cm³/mol. The fraction of sp³-hybridized carbons (Fsp3) is 0.571. The number of nitrogens with zero attached hydrogens (tertiary/aromatic N) is 3. The average molecular weight is 292 g/mol. The molecule has 0 saturated carbocycles. The predicted octanol–water partition coefficient (Wildman–Crippen LogP) is 1.84. The number of aromatic nitrogens is 3. The van der Waals surface area contributed by atoms with Gasteiger partial charge in [-0.3, -0.25) is 4.40 Å². The maximum absolute atomic E-state index is 5.51. The first-order chi connectivity index (χ1) is 9.88. The van der Waals surface area contributed by atoms with E-state index in [0.717, 1.165) is 42.7 Å². The van der Waals surface area contributed by atoms with Crippen molar-refractivity contribution in [2.45, 2.75) is 24.5 Å². The second-order valence-electron chi connectivity index (χ2n) is 5.01. The third-order valence-corrected chi connectivity index (χ3v) is 4.74. The molecule has 0 aliphatic carbocycles. The van der Waals surface area contributed by atoms with Crippen molar-refractivity contribution in [3.63, 3.8) is 0 Å². The van der Waals surface area contributed by atoms with E-state index in [0.29, 0.717) is 12.0 Å². The van der Waals surface area contributed by atoms with Crippen LogP contribution in [-0.4, -0.2) is 46.2 Å². The highest BCUT2D eigenvalue weighted by Gasteiger charge is 2.25. The first-order valence-electron chi connectivity index (χ1n) is 7.12. The van der Waals surface area contributed by atoms with Crippen molar-refractivity contribution >= 4 is 17.4 Å². The second-order valence-corrected chi connectivity index (χ2v) is 6.00. The first-order valence-corrected chi connectivity index (χ1v) is 8.10. The normalized spacial score (nSPS) is 20.6. The highest BCUT2D eigenvalue weighted by atomic mass is 32.2. The van der Waals surface area contributed by atoms with E-state index in [1.54, 1.807) is 11.8 Å². The van der Waals surface area contributed by atoms with Crippen molar-refractivity contribution in [3.05, 3.63) is 24.4 Å². The van der Waals surface area contributed by atoms with Gasteiger partial charge < -0.3 is 10.1 Å². The van der Waals surface area contributed by atoms with Crippen LogP contribution in [0, 0.1) is 5.92 Å². The zero-order chi connectivity index (χ0) is 13.8. The number of ether oxygens (including phenoxy) is 1. The molecule has 1 aliphatic rings. The van der Waals surface area contributed by atoms with E-state index < -0.39 is 0 Å². The molecule has 0 radical (unpaired) electrons. The van der Waals surface area contributed by atoms with E-state index in [1.165, 1.54) is 0 Å². The lowest BCUT2D eigenvalue weighted by Gasteiger charge is -2.22. The molecule has 0 spiro atoms. The van der Waals surface area contributed by atoms with Gasteiger partial charge in [0.2, 0.25) is 0 Å². The number of nitrogens with one attached hydrogen (secondary N) is 1. The van der Waals surface area contributed by atoms with Gasteiger partial charge in [-0.15, -0.1) is 10.2 Å². The van der Waals surface area contributed by atoms with E-state index in [9.17, 15) is 0 Å². The maximum atomic E-state index is 5.51. The summed E-state index contributed by atoms with van der Waals surface area (Å²) in [7, 11) is 0. The third kappa shape index (κ3) is 2.97. The number of fused-ring (bicyclic) bond motifs is 1. The van der Waals surface area contributed by atoms with Crippen molar-refractivity contribution in [2.75, 3.05) is 25.5 Å². The van der Waals surface area contributed by atoms with E-state index in [4.69, 9.17) is 4.74 Å². The Morgan fingerprint density at radius 1 is 1.50 bits per heavy atom. The van der Waals surface area contributed by atoms with Crippen LogP contribution < -0.4 is 5.32 Å². The molecule has 2 aromatic rings. The van der Waals surface area contributed by atoms with Gasteiger partial charge in [-0.05, 0) is 25.1 Å². The van der Waals surface area contributed by atoms with Gasteiger partial charge in [-0.1, -0.05) is 24.8 Å². The summed E-state index contributed by atoms with van der Waals surface area (Å²) in [5.41, 5.74) is 0.902. The molecule has 2 aromatic heterocycles. The van der Waals surface area contributed by atoms with Crippen LogP contribution in [0.3, 0.4) is 0 Å². The molecule has 3 rings (SSSR count). The van der Waals surface area contributed by atoms with Gasteiger partial charge in [0.25, 0.3) is 0 Å². The van der Waals surface area contributed by atoms with Gasteiger partial charge in [-0.25, -0.2) is 0 Å². The van der Waals surface area contributed by atoms with Crippen LogP contribution in [0.1, 0.15) is 13.3 Å². The van der Waals surface area contributed by atoms with E-state index >= 15 is 0 Å². The minimum atomic E-state index is 0.476. The maximum Gasteiger partial charge on any atom is 0.195 e. The summed E-state index contributed by atoms with van der Waals surface area (Å²) in [5, 5.41) is 13.0. The Kier molecular flexibility index (Phi) is 4.54. The van der Waals surface area contributed by atoms with Crippen molar-refractivity contribution in [2.24, 2.45) is 5.92 Å². The standard InChI is InChI=1S/C14H20N4OS/c1-2-15-12(11-6-8-19-9-11)10-20-14-17-16-13-5-3-4-7-18(13)14/h3-5,7,11-12,15H,2,6,8-10H2,1H3. The molecule has 5 nitrogen and oxygen atoms in total. The molecular weight excluding hydrogens is 272 g/mol. The Hall–Kier alpha value is -1.11. The molecule has 1 aliphatic heterocycles. The molecule has 0 bridgehead atoms. The van der Waals surface area contributed by atoms with Crippen LogP contribution in [0.15, 0.2) is 29.6 Å². The summed E-state index contributed by atoms with van der Waals surface area (Å²) in [6, 6.07) is 6.44. The zero-order valence-corrected chi connectivity index (χ0v) is 12.5. The SMILES string of the molecule is CCNC(CSc1nnc2ccccn12)C1CCOC1. The fourth-order valence-corrected chi connectivity index (χ4v) is 3.69. The number of thioether (sulfide) groups is 1. The quantitative estimate of drug-likeness (QED) is 0.823. The van der Waals surface area contributed by atoms with Crippen LogP contribution in [0.5, 0.6) is 0 Å². The molecule has 0 aromatic carbocycles. The van der Waals surface area contributed by atoms with Crippen LogP contribution in [0.4, 0.5) is 0 Å². The zero-order valence-electron chi connectivity index (χ0n) is 11.7. The summed E-state index contributed by atoms with van der Waals surface area (Å²) in [4.78, 5) is 0.